The molecule has 0 unspecified atom stereocenters. The van der Waals surface area contributed by atoms with Crippen LogP contribution in [0.15, 0.2) is 46.2 Å². The highest BCUT2D eigenvalue weighted by Gasteiger charge is 2.16. The van der Waals surface area contributed by atoms with Crippen molar-refractivity contribution in [3.63, 3.8) is 0 Å². The summed E-state index contributed by atoms with van der Waals surface area (Å²) >= 11 is 0. The van der Waals surface area contributed by atoms with Crippen molar-refractivity contribution in [2.45, 2.75) is 23.6 Å². The van der Waals surface area contributed by atoms with Crippen molar-refractivity contribution in [3.8, 4) is 0 Å². The summed E-state index contributed by atoms with van der Waals surface area (Å²) in [5, 5.41) is 23.9. The molecule has 4 N–H and O–H groups in total. The van der Waals surface area contributed by atoms with Gasteiger partial charge in [-0.25, -0.2) is 9.59 Å². The maximum Gasteiger partial charge on any atom is 0.336 e. The average Bonchev–Trinajstić information content (AvgIpc) is 2.60. The SMILES string of the molecule is CC(=O)Nc1ccc(SSc2ccc(NC(C)=O)cc2C(=O)O)c(C(=O)O)c1. The highest BCUT2D eigenvalue weighted by Crippen LogP contribution is 2.41. The molecule has 0 bridgehead atoms. The highest BCUT2D eigenvalue weighted by molar-refractivity contribution is 8.76. The van der Waals surface area contributed by atoms with Crippen molar-refractivity contribution in [2.75, 3.05) is 10.6 Å². The van der Waals surface area contributed by atoms with Gasteiger partial charge in [0.05, 0.1) is 11.1 Å². The maximum absolute atomic E-state index is 11.5. The molecule has 0 saturated heterocycles. The Labute approximate surface area is 168 Å². The number of hydrogen-bond donors (Lipinski definition) is 4. The summed E-state index contributed by atoms with van der Waals surface area (Å²) in [6, 6.07) is 8.88. The summed E-state index contributed by atoms with van der Waals surface area (Å²) < 4.78 is 0. The minimum absolute atomic E-state index is 0.0181. The first kappa shape index (κ1) is 21.3. The highest BCUT2D eigenvalue weighted by atomic mass is 33.1. The van der Waals surface area contributed by atoms with E-state index in [9.17, 15) is 29.4 Å². The fourth-order valence-corrected chi connectivity index (χ4v) is 4.50. The van der Waals surface area contributed by atoms with E-state index in [-0.39, 0.29) is 22.9 Å². The molecule has 0 aliphatic heterocycles. The van der Waals surface area contributed by atoms with Crippen LogP contribution in [0.25, 0.3) is 0 Å². The fourth-order valence-electron chi connectivity index (χ4n) is 2.19. The Morgan fingerprint density at radius 2 is 1.07 bits per heavy atom. The largest absolute Gasteiger partial charge is 0.478 e. The summed E-state index contributed by atoms with van der Waals surface area (Å²) in [7, 11) is 2.16. The minimum Gasteiger partial charge on any atom is -0.478 e. The molecule has 0 aliphatic rings. The van der Waals surface area contributed by atoms with E-state index in [0.717, 1.165) is 21.6 Å². The lowest BCUT2D eigenvalue weighted by Crippen LogP contribution is -2.08. The van der Waals surface area contributed by atoms with Crippen LogP contribution in [0.5, 0.6) is 0 Å². The fraction of sp³-hybridized carbons (Fsp3) is 0.111. The Bertz CT molecular complexity index is 884. The summed E-state index contributed by atoms with van der Waals surface area (Å²) in [6.45, 7) is 2.63. The summed E-state index contributed by atoms with van der Waals surface area (Å²) in [4.78, 5) is 46.1. The molecular formula is C18H16N2O6S2. The molecule has 2 aromatic carbocycles. The number of nitrogens with one attached hydrogen (secondary N) is 2. The van der Waals surface area contributed by atoms with Gasteiger partial charge in [0.15, 0.2) is 0 Å². The van der Waals surface area contributed by atoms with Crippen molar-refractivity contribution < 1.29 is 29.4 Å². The first-order valence-corrected chi connectivity index (χ1v) is 9.96. The first-order chi connectivity index (χ1) is 13.2. The van der Waals surface area contributed by atoms with Crippen LogP contribution in [0.3, 0.4) is 0 Å². The third kappa shape index (κ3) is 5.76. The Morgan fingerprint density at radius 3 is 1.36 bits per heavy atom. The van der Waals surface area contributed by atoms with Crippen LogP contribution in [-0.2, 0) is 9.59 Å². The van der Waals surface area contributed by atoms with Crippen molar-refractivity contribution >= 4 is 56.7 Å². The number of hydrogen-bond acceptors (Lipinski definition) is 6. The Kier molecular flexibility index (Phi) is 7.07. The van der Waals surface area contributed by atoms with Crippen LogP contribution in [0.2, 0.25) is 0 Å². The molecule has 0 atom stereocenters. The van der Waals surface area contributed by atoms with E-state index in [0.29, 0.717) is 21.2 Å². The lowest BCUT2D eigenvalue weighted by atomic mass is 10.2. The van der Waals surface area contributed by atoms with Gasteiger partial charge in [-0.3, -0.25) is 9.59 Å². The van der Waals surface area contributed by atoms with E-state index in [1.54, 1.807) is 24.3 Å². The number of anilines is 2. The van der Waals surface area contributed by atoms with Gasteiger partial charge < -0.3 is 20.8 Å². The van der Waals surface area contributed by atoms with Crippen LogP contribution >= 0.6 is 21.6 Å². The van der Waals surface area contributed by atoms with E-state index in [2.05, 4.69) is 10.6 Å². The molecule has 0 spiro atoms. The molecule has 0 radical (unpaired) electrons. The van der Waals surface area contributed by atoms with Crippen LogP contribution in [0, 0.1) is 0 Å². The molecule has 28 heavy (non-hydrogen) atoms. The lowest BCUT2D eigenvalue weighted by molar-refractivity contribution is -0.115. The van der Waals surface area contributed by atoms with E-state index in [4.69, 9.17) is 0 Å². The molecular weight excluding hydrogens is 404 g/mol. The van der Waals surface area contributed by atoms with Gasteiger partial charge in [0.25, 0.3) is 0 Å². The summed E-state index contributed by atoms with van der Waals surface area (Å²) in [5.41, 5.74) is 0.668. The number of rotatable bonds is 7. The van der Waals surface area contributed by atoms with Crippen molar-refractivity contribution in [1.82, 2.24) is 0 Å². The predicted octanol–water partition coefficient (Wildman–Crippen LogP) is 3.80. The zero-order valence-electron chi connectivity index (χ0n) is 14.8. The molecule has 8 nitrogen and oxygen atoms in total. The van der Waals surface area contributed by atoms with Gasteiger partial charge in [-0.2, -0.15) is 0 Å². The van der Waals surface area contributed by atoms with Crippen molar-refractivity contribution in [3.05, 3.63) is 47.5 Å². The van der Waals surface area contributed by atoms with E-state index >= 15 is 0 Å². The minimum atomic E-state index is -1.17. The van der Waals surface area contributed by atoms with Gasteiger partial charge in [-0.05, 0) is 36.4 Å². The molecule has 0 aliphatic carbocycles. The van der Waals surface area contributed by atoms with Crippen molar-refractivity contribution in [1.29, 1.82) is 0 Å². The van der Waals surface area contributed by atoms with Gasteiger partial charge in [0.2, 0.25) is 11.8 Å². The molecule has 2 rings (SSSR count). The molecule has 0 fully saturated rings. The molecule has 2 aromatic rings. The van der Waals surface area contributed by atoms with Gasteiger partial charge in [-0.15, -0.1) is 0 Å². The molecule has 146 valence electrons. The quantitative estimate of drug-likeness (QED) is 0.497. The number of amides is 2. The molecule has 0 aromatic heterocycles. The van der Waals surface area contributed by atoms with E-state index in [1.165, 1.54) is 26.0 Å². The summed E-state index contributed by atoms with van der Waals surface area (Å²) in [6.07, 6.45) is 0. The number of benzene rings is 2. The number of aromatic carboxylic acids is 2. The second kappa shape index (κ2) is 9.29. The molecule has 10 heteroatoms. The monoisotopic (exact) mass is 420 g/mol. The smallest absolute Gasteiger partial charge is 0.336 e. The Hall–Kier alpha value is -2.98. The van der Waals surface area contributed by atoms with Gasteiger partial charge >= 0.3 is 11.9 Å². The third-order valence-corrected chi connectivity index (χ3v) is 5.76. The van der Waals surface area contributed by atoms with Crippen LogP contribution in [0.4, 0.5) is 11.4 Å². The van der Waals surface area contributed by atoms with Crippen LogP contribution in [-0.4, -0.2) is 34.0 Å². The van der Waals surface area contributed by atoms with Crippen molar-refractivity contribution in [2.24, 2.45) is 0 Å². The van der Waals surface area contributed by atoms with Gasteiger partial charge in [-0.1, -0.05) is 21.6 Å². The van der Waals surface area contributed by atoms with E-state index in [1.807, 2.05) is 0 Å². The molecule has 0 heterocycles. The Morgan fingerprint density at radius 1 is 0.714 bits per heavy atom. The third-order valence-electron chi connectivity index (χ3n) is 3.28. The number of carboxylic acids is 2. The second-order valence-corrected chi connectivity index (χ2v) is 7.77. The number of carbonyl (C=O) groups excluding carboxylic acids is 2. The zero-order valence-corrected chi connectivity index (χ0v) is 16.4. The van der Waals surface area contributed by atoms with Crippen LogP contribution < -0.4 is 10.6 Å². The van der Waals surface area contributed by atoms with E-state index < -0.39 is 11.9 Å². The Balaban J connectivity index is 2.27. The van der Waals surface area contributed by atoms with Gasteiger partial charge in [0.1, 0.15) is 0 Å². The zero-order chi connectivity index (χ0) is 20.8. The predicted molar refractivity (Wildman–Crippen MR) is 107 cm³/mol. The van der Waals surface area contributed by atoms with Gasteiger partial charge in [0, 0.05) is 35.0 Å². The van der Waals surface area contributed by atoms with Crippen LogP contribution in [0.1, 0.15) is 34.6 Å². The normalized spacial score (nSPS) is 10.2. The molecule has 0 saturated carbocycles. The lowest BCUT2D eigenvalue weighted by Gasteiger charge is -2.11. The first-order valence-electron chi connectivity index (χ1n) is 7.81. The number of carbonyl (C=O) groups is 4. The standard InChI is InChI=1S/C18H16N2O6S2/c1-9(21)19-11-3-5-15(13(7-11)17(23)24)27-28-16-6-4-12(20-10(2)22)8-14(16)18(25)26/h3-8H,1-2H3,(H,19,21)(H,20,22)(H,23,24)(H,25,26). The second-order valence-electron chi connectivity index (χ2n) is 5.56. The molecule has 2 amide bonds. The average molecular weight is 420 g/mol. The number of carboxylic acid groups (broad SMARTS) is 2. The topological polar surface area (TPSA) is 133 Å². The maximum atomic E-state index is 11.5. The summed E-state index contributed by atoms with van der Waals surface area (Å²) in [5.74, 6) is -2.99.